The predicted octanol–water partition coefficient (Wildman–Crippen LogP) is 3.84. The first-order valence-electron chi connectivity index (χ1n) is 5.88. The topological polar surface area (TPSA) is 12.0 Å². The van der Waals surface area contributed by atoms with Gasteiger partial charge in [-0.1, -0.05) is 30.7 Å². The molecule has 1 fully saturated rings. The van der Waals surface area contributed by atoms with Gasteiger partial charge in [-0.2, -0.15) is 23.5 Å². The van der Waals surface area contributed by atoms with E-state index in [0.717, 1.165) is 5.02 Å². The summed E-state index contributed by atoms with van der Waals surface area (Å²) >= 11 is 10.2. The number of halogens is 1. The second-order valence-electron chi connectivity index (χ2n) is 4.23. The lowest BCUT2D eigenvalue weighted by molar-refractivity contribution is 0.561. The summed E-state index contributed by atoms with van der Waals surface area (Å²) in [7, 11) is 2.04. The minimum Gasteiger partial charge on any atom is -0.312 e. The molecule has 1 nitrogen and oxygen atoms in total. The average molecular weight is 288 g/mol. The summed E-state index contributed by atoms with van der Waals surface area (Å²) in [6, 6.07) is 8.60. The zero-order valence-electron chi connectivity index (χ0n) is 10.2. The molecular formula is C13H18ClNS2. The van der Waals surface area contributed by atoms with Crippen molar-refractivity contribution in [2.24, 2.45) is 0 Å². The molecule has 1 saturated heterocycles. The zero-order valence-corrected chi connectivity index (χ0v) is 12.5. The highest BCUT2D eigenvalue weighted by molar-refractivity contribution is 8.07. The number of hydrogen-bond acceptors (Lipinski definition) is 3. The van der Waals surface area contributed by atoms with Crippen molar-refractivity contribution in [2.45, 2.75) is 23.5 Å². The van der Waals surface area contributed by atoms with E-state index in [9.17, 15) is 0 Å². The Bertz CT molecular complexity index is 372. The van der Waals surface area contributed by atoms with Crippen LogP contribution >= 0.6 is 35.1 Å². The Balaban J connectivity index is 2.20. The van der Waals surface area contributed by atoms with Gasteiger partial charge in [-0.15, -0.1) is 0 Å². The van der Waals surface area contributed by atoms with Gasteiger partial charge >= 0.3 is 0 Å². The summed E-state index contributed by atoms with van der Waals surface area (Å²) in [6.07, 6.45) is 0. The van der Waals surface area contributed by atoms with Crippen molar-refractivity contribution in [1.82, 2.24) is 5.32 Å². The molecule has 1 aromatic rings. The van der Waals surface area contributed by atoms with Gasteiger partial charge in [0.25, 0.3) is 0 Å². The second kappa shape index (κ2) is 6.37. The smallest absolute Gasteiger partial charge is 0.0449 e. The van der Waals surface area contributed by atoms with Crippen molar-refractivity contribution in [3.05, 3.63) is 34.9 Å². The summed E-state index contributed by atoms with van der Waals surface area (Å²) in [5, 5.41) is 5.58. The van der Waals surface area contributed by atoms with Gasteiger partial charge in [0.2, 0.25) is 0 Å². The van der Waals surface area contributed by atoms with E-state index in [0.29, 0.717) is 16.5 Å². The molecule has 0 bridgehead atoms. The van der Waals surface area contributed by atoms with Gasteiger partial charge in [0.05, 0.1) is 0 Å². The fraction of sp³-hybridized carbons (Fsp3) is 0.538. The largest absolute Gasteiger partial charge is 0.312 e. The maximum Gasteiger partial charge on any atom is 0.0449 e. The molecule has 1 N–H and O–H groups in total. The maximum atomic E-state index is 6.08. The minimum absolute atomic E-state index is 0.390. The number of benzene rings is 1. The summed E-state index contributed by atoms with van der Waals surface area (Å²) in [5.41, 5.74) is 1.30. The molecule has 1 aliphatic rings. The Kier molecular flexibility index (Phi) is 5.10. The molecule has 1 aromatic carbocycles. The monoisotopic (exact) mass is 287 g/mol. The molecule has 3 unspecified atom stereocenters. The Morgan fingerprint density at radius 1 is 1.35 bits per heavy atom. The van der Waals surface area contributed by atoms with Crippen LogP contribution in [-0.2, 0) is 0 Å². The van der Waals surface area contributed by atoms with E-state index in [1.807, 2.05) is 19.2 Å². The Labute approximate surface area is 117 Å². The SMILES string of the molecule is CNC(c1cccc(Cl)c1)C1SCCSC1C. The number of thioether (sulfide) groups is 2. The predicted molar refractivity (Wildman–Crippen MR) is 81.4 cm³/mol. The van der Waals surface area contributed by atoms with Crippen LogP contribution in [0.1, 0.15) is 18.5 Å². The van der Waals surface area contributed by atoms with Crippen molar-refractivity contribution in [3.8, 4) is 0 Å². The van der Waals surface area contributed by atoms with Crippen LogP contribution in [0.3, 0.4) is 0 Å². The van der Waals surface area contributed by atoms with Gasteiger partial charge < -0.3 is 5.32 Å². The number of hydrogen-bond donors (Lipinski definition) is 1. The molecule has 94 valence electrons. The third-order valence-corrected chi connectivity index (χ3v) is 6.51. The van der Waals surface area contributed by atoms with E-state index >= 15 is 0 Å². The Morgan fingerprint density at radius 2 is 2.12 bits per heavy atom. The van der Waals surface area contributed by atoms with E-state index in [2.05, 4.69) is 47.9 Å². The minimum atomic E-state index is 0.390. The van der Waals surface area contributed by atoms with Crippen LogP contribution in [0.4, 0.5) is 0 Å². The van der Waals surface area contributed by atoms with E-state index in [1.165, 1.54) is 17.1 Å². The summed E-state index contributed by atoms with van der Waals surface area (Å²) in [5.74, 6) is 2.52. The molecule has 0 aromatic heterocycles. The van der Waals surface area contributed by atoms with Crippen LogP contribution in [0, 0.1) is 0 Å². The van der Waals surface area contributed by atoms with Crippen LogP contribution in [0.5, 0.6) is 0 Å². The fourth-order valence-electron chi connectivity index (χ4n) is 2.24. The normalized spacial score (nSPS) is 26.8. The van der Waals surface area contributed by atoms with Crippen LogP contribution in [0.2, 0.25) is 5.02 Å². The Morgan fingerprint density at radius 3 is 2.76 bits per heavy atom. The lowest BCUT2D eigenvalue weighted by Gasteiger charge is -2.34. The first-order chi connectivity index (χ1) is 8.22. The highest BCUT2D eigenvalue weighted by atomic mass is 35.5. The average Bonchev–Trinajstić information content (AvgIpc) is 2.33. The first kappa shape index (κ1) is 13.6. The highest BCUT2D eigenvalue weighted by Gasteiger charge is 2.30. The van der Waals surface area contributed by atoms with E-state index < -0.39 is 0 Å². The van der Waals surface area contributed by atoms with Gasteiger partial charge in [-0.3, -0.25) is 0 Å². The molecular weight excluding hydrogens is 270 g/mol. The van der Waals surface area contributed by atoms with Crippen molar-refractivity contribution in [3.63, 3.8) is 0 Å². The molecule has 0 aliphatic carbocycles. The van der Waals surface area contributed by atoms with Crippen LogP contribution in [0.15, 0.2) is 24.3 Å². The molecule has 1 heterocycles. The summed E-state index contributed by atoms with van der Waals surface area (Å²) in [6.45, 7) is 2.33. The molecule has 2 rings (SSSR count). The third kappa shape index (κ3) is 3.34. The van der Waals surface area contributed by atoms with E-state index in [-0.39, 0.29) is 0 Å². The van der Waals surface area contributed by atoms with Crippen molar-refractivity contribution in [2.75, 3.05) is 18.6 Å². The van der Waals surface area contributed by atoms with Gasteiger partial charge in [-0.05, 0) is 24.7 Å². The Hall–Kier alpha value is 0.170. The van der Waals surface area contributed by atoms with Gasteiger partial charge in [0.15, 0.2) is 0 Å². The van der Waals surface area contributed by atoms with Crippen LogP contribution in [-0.4, -0.2) is 29.1 Å². The van der Waals surface area contributed by atoms with Gasteiger partial charge in [-0.25, -0.2) is 0 Å². The molecule has 0 radical (unpaired) electrons. The maximum absolute atomic E-state index is 6.08. The third-order valence-electron chi connectivity index (χ3n) is 3.08. The van der Waals surface area contributed by atoms with Crippen LogP contribution in [0.25, 0.3) is 0 Å². The summed E-state index contributed by atoms with van der Waals surface area (Å²) in [4.78, 5) is 0. The molecule has 0 amide bonds. The molecule has 17 heavy (non-hydrogen) atoms. The van der Waals surface area contributed by atoms with Crippen molar-refractivity contribution < 1.29 is 0 Å². The standard InChI is InChI=1S/C13H18ClNS2/c1-9-13(17-7-6-16-9)12(15-2)10-4-3-5-11(14)8-10/h3-5,8-9,12-13,15H,6-7H2,1-2H3. The summed E-state index contributed by atoms with van der Waals surface area (Å²) < 4.78 is 0. The lowest BCUT2D eigenvalue weighted by Crippen LogP contribution is -2.36. The quantitative estimate of drug-likeness (QED) is 0.907. The van der Waals surface area contributed by atoms with Crippen LogP contribution < -0.4 is 5.32 Å². The second-order valence-corrected chi connectivity index (χ2v) is 7.44. The van der Waals surface area contributed by atoms with E-state index in [1.54, 1.807) is 0 Å². The van der Waals surface area contributed by atoms with E-state index in [4.69, 9.17) is 11.6 Å². The van der Waals surface area contributed by atoms with Crippen molar-refractivity contribution in [1.29, 1.82) is 0 Å². The van der Waals surface area contributed by atoms with Gasteiger partial charge in [0.1, 0.15) is 0 Å². The van der Waals surface area contributed by atoms with Gasteiger partial charge in [0, 0.05) is 33.1 Å². The first-order valence-corrected chi connectivity index (χ1v) is 8.36. The molecule has 3 atom stereocenters. The highest BCUT2D eigenvalue weighted by Crippen LogP contribution is 2.38. The van der Waals surface area contributed by atoms with Crippen molar-refractivity contribution >= 4 is 35.1 Å². The number of rotatable bonds is 3. The fourth-order valence-corrected chi connectivity index (χ4v) is 5.42. The molecule has 1 aliphatic heterocycles. The lowest BCUT2D eigenvalue weighted by atomic mass is 10.0. The number of nitrogens with one attached hydrogen (secondary N) is 1. The molecule has 0 spiro atoms. The zero-order chi connectivity index (χ0) is 12.3. The molecule has 0 saturated carbocycles. The molecule has 4 heteroatoms.